The lowest BCUT2D eigenvalue weighted by molar-refractivity contribution is -0.236. The van der Waals surface area contributed by atoms with Crippen molar-refractivity contribution in [2.24, 2.45) is 5.92 Å². The van der Waals surface area contributed by atoms with Crippen LogP contribution in [0.2, 0.25) is 0 Å². The minimum Gasteiger partial charge on any atom is -0.756 e. The van der Waals surface area contributed by atoms with Crippen LogP contribution in [0.15, 0.2) is 0 Å². The van der Waals surface area contributed by atoms with E-state index in [1.165, 1.54) is 0 Å². The number of unbranched alkanes of at least 4 members (excludes halogenated alkanes) is 4. The van der Waals surface area contributed by atoms with Gasteiger partial charge in [0, 0.05) is 12.5 Å². The molecule has 4 atom stereocenters. The van der Waals surface area contributed by atoms with Gasteiger partial charge < -0.3 is 46.9 Å². The molecule has 0 heterocycles. The molecule has 13 nitrogen and oxygen atoms in total. The van der Waals surface area contributed by atoms with E-state index in [-0.39, 0.29) is 25.7 Å². The minimum absolute atomic E-state index is 0.0269. The molecule has 0 bridgehead atoms. The highest BCUT2D eigenvalue weighted by atomic mass is 31.2. The predicted molar refractivity (Wildman–Crippen MR) is 108 cm³/mol. The lowest BCUT2D eigenvalue weighted by Crippen LogP contribution is -2.18. The highest BCUT2D eigenvalue weighted by molar-refractivity contribution is 7.46. The molecule has 0 aromatic heterocycles. The molecule has 4 unspecified atom stereocenters. The number of phosphoric acid groups is 3. The summed E-state index contributed by atoms with van der Waals surface area (Å²) >= 11 is 0. The van der Waals surface area contributed by atoms with E-state index in [2.05, 4.69) is 34.1 Å². The Labute approximate surface area is 189 Å². The molecule has 0 aliphatic heterocycles. The molecule has 32 heavy (non-hydrogen) atoms. The van der Waals surface area contributed by atoms with E-state index in [0.717, 1.165) is 25.7 Å². The van der Waals surface area contributed by atoms with Crippen molar-refractivity contribution in [1.82, 2.24) is 0 Å². The maximum atomic E-state index is 11.6. The Bertz CT molecular complexity index is 614. The smallest absolute Gasteiger partial charge is 0.268 e. The summed E-state index contributed by atoms with van der Waals surface area (Å²) < 4.78 is 61.6. The van der Waals surface area contributed by atoms with E-state index in [4.69, 9.17) is 5.11 Å². The van der Waals surface area contributed by atoms with E-state index >= 15 is 0 Å². The third-order valence-corrected chi connectivity index (χ3v) is 6.92. The Balaban J connectivity index is 3.97. The average molecular weight is 527 g/mol. The van der Waals surface area contributed by atoms with Crippen LogP contribution in [0.3, 0.4) is 0 Å². The van der Waals surface area contributed by atoms with Gasteiger partial charge in [0.15, 0.2) is 0 Å². The fourth-order valence-electron chi connectivity index (χ4n) is 2.09. The first-order valence-electron chi connectivity index (χ1n) is 10.4. The highest BCUT2D eigenvalue weighted by Gasteiger charge is 2.15. The molecule has 0 fully saturated rings. The van der Waals surface area contributed by atoms with E-state index in [9.17, 15) is 28.4 Å². The second kappa shape index (κ2) is 17.7. The third-order valence-electron chi connectivity index (χ3n) is 3.97. The molecule has 16 heteroatoms. The van der Waals surface area contributed by atoms with E-state index < -0.39 is 49.9 Å². The van der Waals surface area contributed by atoms with Crippen LogP contribution >= 0.6 is 23.5 Å². The number of phosphoric ester groups is 3. The van der Waals surface area contributed by atoms with Gasteiger partial charge in [-0.25, -0.2) is 0 Å². The summed E-state index contributed by atoms with van der Waals surface area (Å²) in [7, 11) is -14.1. The fraction of sp³-hybridized carbons (Fsp3) is 1.00. The van der Waals surface area contributed by atoms with Crippen molar-refractivity contribution in [3.05, 3.63) is 0 Å². The van der Waals surface area contributed by atoms with Gasteiger partial charge in [-0.3, -0.25) is 13.7 Å². The molecule has 0 aromatic rings. The zero-order chi connectivity index (χ0) is 24.5. The number of hydrogen-bond acceptors (Lipinski definition) is 13. The number of hydrogen-bond donors (Lipinski definition) is 1. The quantitative estimate of drug-likeness (QED) is 0.157. The minimum atomic E-state index is -4.84. The van der Waals surface area contributed by atoms with Crippen LogP contribution in [-0.2, 0) is 40.8 Å². The van der Waals surface area contributed by atoms with Crippen molar-refractivity contribution in [3.63, 3.8) is 0 Å². The Kier molecular flexibility index (Phi) is 17.8. The number of aliphatic hydroxyl groups is 1. The summed E-state index contributed by atoms with van der Waals surface area (Å²) in [4.78, 5) is 34.6. The van der Waals surface area contributed by atoms with Crippen molar-refractivity contribution in [1.29, 1.82) is 0 Å². The topological polar surface area (TPSA) is 196 Å². The first-order valence-corrected chi connectivity index (χ1v) is 14.8. The number of aliphatic hydroxyl groups excluding tert-OH is 1. The van der Waals surface area contributed by atoms with Crippen LogP contribution < -0.4 is 14.7 Å². The van der Waals surface area contributed by atoms with Crippen molar-refractivity contribution >= 4 is 23.5 Å². The standard InChI is InChI=1S/C16H37O13P3/c1-3-5-6-7-8-9-24-30(18,19)25-10-11-26-31(20,21)27-12-13-28-32(22,23)29-15-16(4-2)14-17/h16-17H,3-15H2,1-2H3,(H,18,19)(H,20,21)(H,22,23)/p-3. The van der Waals surface area contributed by atoms with Gasteiger partial charge in [0.1, 0.15) is 0 Å². The van der Waals surface area contributed by atoms with Crippen LogP contribution in [-0.4, -0.2) is 51.4 Å². The van der Waals surface area contributed by atoms with Gasteiger partial charge >= 0.3 is 0 Å². The summed E-state index contributed by atoms with van der Waals surface area (Å²) in [6, 6.07) is 0. The molecule has 0 spiro atoms. The van der Waals surface area contributed by atoms with Crippen molar-refractivity contribution in [2.75, 3.05) is 46.2 Å². The van der Waals surface area contributed by atoms with Gasteiger partial charge in [-0.2, -0.15) is 0 Å². The van der Waals surface area contributed by atoms with Gasteiger partial charge in [-0.15, -0.1) is 0 Å². The Morgan fingerprint density at radius 2 is 1.06 bits per heavy atom. The zero-order valence-corrected chi connectivity index (χ0v) is 21.1. The van der Waals surface area contributed by atoms with E-state index in [1.807, 2.05) is 0 Å². The summed E-state index contributed by atoms with van der Waals surface area (Å²) in [6.45, 7) is 0.621. The second-order valence-electron chi connectivity index (χ2n) is 6.67. The van der Waals surface area contributed by atoms with Gasteiger partial charge in [0.25, 0.3) is 23.5 Å². The average Bonchev–Trinajstić information content (AvgIpc) is 2.72. The van der Waals surface area contributed by atoms with Crippen LogP contribution in [0.5, 0.6) is 0 Å². The fourth-order valence-corrected chi connectivity index (χ4v) is 4.25. The Morgan fingerprint density at radius 3 is 1.47 bits per heavy atom. The molecule has 194 valence electrons. The molecule has 0 rings (SSSR count). The Hall–Kier alpha value is 0.290. The molecular weight excluding hydrogens is 493 g/mol. The van der Waals surface area contributed by atoms with E-state index in [0.29, 0.717) is 12.8 Å². The first-order chi connectivity index (χ1) is 15.0. The van der Waals surface area contributed by atoms with Crippen LogP contribution in [0.1, 0.15) is 52.4 Å². The predicted octanol–water partition coefficient (Wildman–Crippen LogP) is 1.48. The molecule has 0 saturated heterocycles. The lowest BCUT2D eigenvalue weighted by atomic mass is 10.1. The molecule has 1 N–H and O–H groups in total. The summed E-state index contributed by atoms with van der Waals surface area (Å²) in [5.74, 6) is -0.379. The Morgan fingerprint density at radius 1 is 0.656 bits per heavy atom. The van der Waals surface area contributed by atoms with Gasteiger partial charge in [0.2, 0.25) is 0 Å². The molecular formula is C16H34O13P3-3. The van der Waals surface area contributed by atoms with Crippen molar-refractivity contribution in [2.45, 2.75) is 52.4 Å². The monoisotopic (exact) mass is 527 g/mol. The maximum Gasteiger partial charge on any atom is 0.268 e. The van der Waals surface area contributed by atoms with Gasteiger partial charge in [-0.05, 0) is 12.8 Å². The normalized spacial score (nSPS) is 18.6. The molecule has 0 aliphatic rings. The second-order valence-corrected chi connectivity index (χ2v) is 10.9. The summed E-state index contributed by atoms with van der Waals surface area (Å²) in [6.07, 6.45) is 4.97. The van der Waals surface area contributed by atoms with Crippen LogP contribution in [0, 0.1) is 5.92 Å². The highest BCUT2D eigenvalue weighted by Crippen LogP contribution is 2.42. The molecule has 0 aromatic carbocycles. The molecule has 0 amide bonds. The molecule has 0 radical (unpaired) electrons. The van der Waals surface area contributed by atoms with Crippen LogP contribution in [0.25, 0.3) is 0 Å². The van der Waals surface area contributed by atoms with E-state index in [1.54, 1.807) is 6.92 Å². The number of rotatable bonds is 22. The SMILES string of the molecule is CCCCCCCOP(=O)([O-])OCCOP(=O)([O-])OCCOP(=O)([O-])OCC(CC)CO. The maximum absolute atomic E-state index is 11.6. The van der Waals surface area contributed by atoms with Crippen molar-refractivity contribution in [3.8, 4) is 0 Å². The molecule has 0 aliphatic carbocycles. The largest absolute Gasteiger partial charge is 0.756 e. The molecule has 0 saturated carbocycles. The third kappa shape index (κ3) is 18.7. The zero-order valence-electron chi connectivity index (χ0n) is 18.5. The van der Waals surface area contributed by atoms with Gasteiger partial charge in [0.05, 0.1) is 39.6 Å². The summed E-state index contributed by atoms with van der Waals surface area (Å²) in [5.41, 5.74) is 0. The van der Waals surface area contributed by atoms with Gasteiger partial charge in [-0.1, -0.05) is 39.5 Å². The first kappa shape index (κ1) is 32.3. The van der Waals surface area contributed by atoms with Crippen LogP contribution in [0.4, 0.5) is 0 Å². The lowest BCUT2D eigenvalue weighted by Gasteiger charge is -2.27. The van der Waals surface area contributed by atoms with Crippen molar-refractivity contribution < 1.29 is 60.6 Å². The summed E-state index contributed by atoms with van der Waals surface area (Å²) in [5, 5.41) is 8.97.